The van der Waals surface area contributed by atoms with Crippen molar-refractivity contribution in [2.24, 2.45) is 23.7 Å². The van der Waals surface area contributed by atoms with Crippen LogP contribution in [-0.4, -0.2) is 6.04 Å². The fourth-order valence-electron chi connectivity index (χ4n) is 7.73. The highest BCUT2D eigenvalue weighted by atomic mass is 35.5. The summed E-state index contributed by atoms with van der Waals surface area (Å²) in [7, 11) is 0. The monoisotopic (exact) mass is 490 g/mol. The van der Waals surface area contributed by atoms with E-state index in [0.717, 1.165) is 34.2 Å². The Hall–Kier alpha value is -1.93. The Morgan fingerprint density at radius 1 is 0.943 bits per heavy atom. The molecule has 2 N–H and O–H groups in total. The predicted octanol–water partition coefficient (Wildman–Crippen LogP) is 9.73. The minimum absolute atomic E-state index is 0.254. The van der Waals surface area contributed by atoms with E-state index in [2.05, 4.69) is 80.4 Å². The minimum Gasteiger partial charge on any atom is -0.382 e. The Balaban J connectivity index is 1.24. The number of hydrogen-bond acceptors (Lipinski definition) is 2. The molecule has 0 amide bonds. The summed E-state index contributed by atoms with van der Waals surface area (Å²) >= 11 is 6.83. The Morgan fingerprint density at radius 3 is 2.26 bits per heavy atom. The van der Waals surface area contributed by atoms with Gasteiger partial charge in [0.2, 0.25) is 0 Å². The zero-order valence-corrected chi connectivity index (χ0v) is 22.6. The average molecular weight is 491 g/mol. The van der Waals surface area contributed by atoms with E-state index < -0.39 is 0 Å². The summed E-state index contributed by atoms with van der Waals surface area (Å²) in [6, 6.07) is 15.9. The molecular weight excluding hydrogens is 448 g/mol. The molecule has 3 heteroatoms. The van der Waals surface area contributed by atoms with E-state index in [-0.39, 0.29) is 5.41 Å². The van der Waals surface area contributed by atoms with Gasteiger partial charge < -0.3 is 10.6 Å². The van der Waals surface area contributed by atoms with E-state index in [1.165, 1.54) is 74.6 Å². The molecule has 3 aliphatic rings. The van der Waals surface area contributed by atoms with Crippen molar-refractivity contribution in [3.05, 3.63) is 65.2 Å². The van der Waals surface area contributed by atoms with Crippen LogP contribution in [0.3, 0.4) is 0 Å². The standard InChI is InChI=1S/C32H43ClN2/c1-21(2)28-7-5-6-8-30(28)34-26-10-12-27(13-11-26)35-31-14-9-25(18-29(31)33)32(4)19-23-15-22(3)16-24(17-23)20-32/h9-14,18,22-24,28,30,34-35H,1,5-8,15-17,19-20H2,2-4H3. The van der Waals surface area contributed by atoms with Gasteiger partial charge in [-0.3, -0.25) is 0 Å². The first-order valence-corrected chi connectivity index (χ1v) is 14.3. The van der Waals surface area contributed by atoms with Crippen LogP contribution in [0.25, 0.3) is 0 Å². The molecule has 4 atom stereocenters. The third-order valence-electron chi connectivity index (χ3n) is 9.20. The van der Waals surface area contributed by atoms with E-state index in [1.54, 1.807) is 0 Å². The Labute approximate surface area is 217 Å². The molecule has 188 valence electrons. The summed E-state index contributed by atoms with van der Waals surface area (Å²) in [5.41, 5.74) is 6.20. The normalized spacial score (nSPS) is 32.6. The van der Waals surface area contributed by atoms with Gasteiger partial charge in [0, 0.05) is 17.4 Å². The number of halogens is 1. The van der Waals surface area contributed by atoms with Crippen LogP contribution >= 0.6 is 11.6 Å². The molecule has 3 fully saturated rings. The summed E-state index contributed by atoms with van der Waals surface area (Å²) in [4.78, 5) is 0. The molecule has 5 rings (SSSR count). The average Bonchev–Trinajstić information content (AvgIpc) is 2.81. The molecule has 2 bridgehead atoms. The molecule has 3 saturated carbocycles. The fraction of sp³-hybridized carbons (Fsp3) is 0.562. The second kappa shape index (κ2) is 10.2. The number of anilines is 3. The van der Waals surface area contributed by atoms with Crippen LogP contribution in [0, 0.1) is 23.7 Å². The molecule has 0 radical (unpaired) electrons. The molecule has 2 aromatic carbocycles. The van der Waals surface area contributed by atoms with Crippen molar-refractivity contribution in [1.29, 1.82) is 0 Å². The number of nitrogens with one attached hydrogen (secondary N) is 2. The number of fused-ring (bicyclic) bond motifs is 2. The molecule has 0 heterocycles. The maximum absolute atomic E-state index is 6.83. The minimum atomic E-state index is 0.254. The van der Waals surface area contributed by atoms with Gasteiger partial charge in [-0.1, -0.05) is 56.5 Å². The Kier molecular flexibility index (Phi) is 7.22. The fourth-order valence-corrected chi connectivity index (χ4v) is 7.96. The number of benzene rings is 2. The summed E-state index contributed by atoms with van der Waals surface area (Å²) in [5.74, 6) is 3.24. The number of hydrogen-bond donors (Lipinski definition) is 2. The van der Waals surface area contributed by atoms with Gasteiger partial charge in [-0.15, -0.1) is 0 Å². The number of rotatable bonds is 6. The zero-order chi connectivity index (χ0) is 24.6. The van der Waals surface area contributed by atoms with Crippen LogP contribution < -0.4 is 10.6 Å². The van der Waals surface area contributed by atoms with Gasteiger partial charge in [0.1, 0.15) is 0 Å². The second-order valence-electron chi connectivity index (χ2n) is 12.4. The first-order chi connectivity index (χ1) is 16.8. The van der Waals surface area contributed by atoms with Crippen LogP contribution in [0.4, 0.5) is 17.1 Å². The molecular formula is C32H43ClN2. The molecule has 0 aromatic heterocycles. The topological polar surface area (TPSA) is 24.1 Å². The highest BCUT2D eigenvalue weighted by Crippen LogP contribution is 2.51. The van der Waals surface area contributed by atoms with Crippen molar-refractivity contribution in [3.8, 4) is 0 Å². The van der Waals surface area contributed by atoms with Crippen molar-refractivity contribution in [1.82, 2.24) is 0 Å². The highest BCUT2D eigenvalue weighted by Gasteiger charge is 2.41. The third-order valence-corrected chi connectivity index (χ3v) is 9.51. The lowest BCUT2D eigenvalue weighted by Gasteiger charge is -2.47. The molecule has 0 saturated heterocycles. The first kappa shape index (κ1) is 24.8. The van der Waals surface area contributed by atoms with Crippen molar-refractivity contribution >= 4 is 28.7 Å². The molecule has 0 spiro atoms. The summed E-state index contributed by atoms with van der Waals surface area (Å²) in [6.07, 6.45) is 11.9. The smallest absolute Gasteiger partial charge is 0.0643 e. The largest absolute Gasteiger partial charge is 0.382 e. The lowest BCUT2D eigenvalue weighted by molar-refractivity contribution is 0.0899. The molecule has 0 aliphatic heterocycles. The molecule has 2 nitrogen and oxygen atoms in total. The van der Waals surface area contributed by atoms with Gasteiger partial charge >= 0.3 is 0 Å². The molecule has 35 heavy (non-hydrogen) atoms. The van der Waals surface area contributed by atoms with Crippen LogP contribution in [0.1, 0.15) is 84.1 Å². The first-order valence-electron chi connectivity index (χ1n) is 13.9. The van der Waals surface area contributed by atoms with Gasteiger partial charge in [0.05, 0.1) is 10.7 Å². The summed E-state index contributed by atoms with van der Waals surface area (Å²) in [6.45, 7) is 11.3. The summed E-state index contributed by atoms with van der Waals surface area (Å²) < 4.78 is 0. The van der Waals surface area contributed by atoms with Crippen molar-refractivity contribution in [2.75, 3.05) is 10.6 Å². The Bertz CT molecular complexity index is 1020. The highest BCUT2D eigenvalue weighted by molar-refractivity contribution is 6.33. The van der Waals surface area contributed by atoms with Gasteiger partial charge in [-0.05, 0) is 123 Å². The zero-order valence-electron chi connectivity index (χ0n) is 21.9. The van der Waals surface area contributed by atoms with Crippen LogP contribution in [0.2, 0.25) is 5.02 Å². The van der Waals surface area contributed by atoms with Gasteiger partial charge in [-0.25, -0.2) is 0 Å². The van der Waals surface area contributed by atoms with Gasteiger partial charge in [0.15, 0.2) is 0 Å². The van der Waals surface area contributed by atoms with E-state index in [0.29, 0.717) is 12.0 Å². The maximum atomic E-state index is 6.83. The molecule has 2 aromatic rings. The van der Waals surface area contributed by atoms with Crippen molar-refractivity contribution < 1.29 is 0 Å². The quantitative estimate of drug-likeness (QED) is 0.393. The van der Waals surface area contributed by atoms with Crippen molar-refractivity contribution in [3.63, 3.8) is 0 Å². The van der Waals surface area contributed by atoms with E-state index >= 15 is 0 Å². The Morgan fingerprint density at radius 2 is 1.60 bits per heavy atom. The van der Waals surface area contributed by atoms with Gasteiger partial charge in [0.25, 0.3) is 0 Å². The van der Waals surface area contributed by atoms with Crippen molar-refractivity contribution in [2.45, 2.75) is 90.0 Å². The van der Waals surface area contributed by atoms with Crippen LogP contribution in [-0.2, 0) is 5.41 Å². The molecule has 4 unspecified atom stereocenters. The van der Waals surface area contributed by atoms with E-state index in [4.69, 9.17) is 11.6 Å². The molecule has 3 aliphatic carbocycles. The van der Waals surface area contributed by atoms with Crippen LogP contribution in [0.5, 0.6) is 0 Å². The lowest BCUT2D eigenvalue weighted by Crippen LogP contribution is -2.38. The SMILES string of the molecule is C=C(C)C1CCCCC1Nc1ccc(Nc2ccc(C3(C)CC4CC(C)CC(C4)C3)cc2Cl)cc1. The van der Waals surface area contributed by atoms with Gasteiger partial charge in [-0.2, -0.15) is 0 Å². The summed E-state index contributed by atoms with van der Waals surface area (Å²) in [5, 5.41) is 8.13. The van der Waals surface area contributed by atoms with E-state index in [9.17, 15) is 0 Å². The maximum Gasteiger partial charge on any atom is 0.0643 e. The second-order valence-corrected chi connectivity index (χ2v) is 12.8. The predicted molar refractivity (Wildman–Crippen MR) is 152 cm³/mol. The lowest BCUT2D eigenvalue weighted by atomic mass is 9.57. The van der Waals surface area contributed by atoms with E-state index in [1.807, 2.05) is 0 Å². The third kappa shape index (κ3) is 5.58. The van der Waals surface area contributed by atoms with Crippen LogP contribution in [0.15, 0.2) is 54.6 Å².